The molecule has 1 N–H and O–H groups in total. The maximum atomic E-state index is 11.1. The van der Waals surface area contributed by atoms with E-state index >= 15 is 0 Å². The maximum Gasteiger partial charge on any atom is 0.309 e. The molecule has 0 saturated carbocycles. The van der Waals surface area contributed by atoms with Crippen LogP contribution in [0.4, 0.5) is 0 Å². The van der Waals surface area contributed by atoms with E-state index in [9.17, 15) is 4.79 Å². The molecule has 2 unspecified atom stereocenters. The molecule has 80 valence electrons. The van der Waals surface area contributed by atoms with Crippen LogP contribution in [-0.4, -0.2) is 25.7 Å². The predicted octanol–water partition coefficient (Wildman–Crippen LogP) is 1.19. The average molecular weight is 197 g/mol. The van der Waals surface area contributed by atoms with Gasteiger partial charge in [-0.2, -0.15) is 0 Å². The van der Waals surface area contributed by atoms with Gasteiger partial charge in [0.05, 0.1) is 19.1 Å². The summed E-state index contributed by atoms with van der Waals surface area (Å²) in [6.07, 6.45) is 7.30. The Bertz CT molecular complexity index is 208. The van der Waals surface area contributed by atoms with E-state index in [-0.39, 0.29) is 17.9 Å². The first-order chi connectivity index (χ1) is 6.65. The summed E-state index contributed by atoms with van der Waals surface area (Å²) < 4.78 is 4.61. The van der Waals surface area contributed by atoms with Gasteiger partial charge in [-0.1, -0.05) is 26.2 Å². The molecule has 0 aliphatic heterocycles. The Hall–Kier alpha value is -1.01. The number of rotatable bonds is 6. The molecule has 2 atom stereocenters. The van der Waals surface area contributed by atoms with Crippen LogP contribution in [0.25, 0.3) is 0 Å². The van der Waals surface area contributed by atoms with Gasteiger partial charge in [-0.3, -0.25) is 4.79 Å². The van der Waals surface area contributed by atoms with Gasteiger partial charge in [-0.25, -0.2) is 0 Å². The quantitative estimate of drug-likeness (QED) is 0.513. The second-order valence-electron chi connectivity index (χ2n) is 3.34. The molecule has 0 amide bonds. The van der Waals surface area contributed by atoms with Crippen LogP contribution in [0.1, 0.15) is 26.7 Å². The van der Waals surface area contributed by atoms with Gasteiger partial charge in [0.2, 0.25) is 0 Å². The van der Waals surface area contributed by atoms with E-state index in [4.69, 9.17) is 6.42 Å². The van der Waals surface area contributed by atoms with Crippen molar-refractivity contribution in [3.05, 3.63) is 0 Å². The maximum absolute atomic E-state index is 11.1. The average Bonchev–Trinajstić information content (AvgIpc) is 2.22. The van der Waals surface area contributed by atoms with Gasteiger partial charge >= 0.3 is 5.97 Å². The molecule has 0 bridgehead atoms. The third kappa shape index (κ3) is 4.88. The number of carbonyl (C=O) groups is 1. The van der Waals surface area contributed by atoms with Crippen LogP contribution >= 0.6 is 0 Å². The van der Waals surface area contributed by atoms with E-state index in [1.807, 2.05) is 6.92 Å². The van der Waals surface area contributed by atoms with Crippen LogP contribution in [0.3, 0.4) is 0 Å². The number of carbonyl (C=O) groups excluding carboxylic acids is 1. The Morgan fingerprint density at radius 3 is 2.71 bits per heavy atom. The van der Waals surface area contributed by atoms with Crippen molar-refractivity contribution in [1.29, 1.82) is 0 Å². The first-order valence-electron chi connectivity index (χ1n) is 4.93. The first kappa shape index (κ1) is 13.0. The molecule has 0 aliphatic rings. The van der Waals surface area contributed by atoms with Crippen molar-refractivity contribution in [2.45, 2.75) is 32.7 Å². The fourth-order valence-corrected chi connectivity index (χ4v) is 1.14. The van der Waals surface area contributed by atoms with Crippen LogP contribution in [0, 0.1) is 18.3 Å². The summed E-state index contributed by atoms with van der Waals surface area (Å²) >= 11 is 0. The lowest BCUT2D eigenvalue weighted by Crippen LogP contribution is -2.34. The monoisotopic (exact) mass is 197 g/mol. The lowest BCUT2D eigenvalue weighted by molar-refractivity contribution is -0.144. The second-order valence-corrected chi connectivity index (χ2v) is 3.34. The van der Waals surface area contributed by atoms with E-state index in [1.165, 1.54) is 7.11 Å². The van der Waals surface area contributed by atoms with Crippen molar-refractivity contribution in [2.75, 3.05) is 13.7 Å². The fourth-order valence-electron chi connectivity index (χ4n) is 1.14. The minimum atomic E-state index is -0.204. The molecule has 0 aromatic carbocycles. The Kier molecular flexibility index (Phi) is 6.87. The summed E-state index contributed by atoms with van der Waals surface area (Å²) in [5.74, 6) is 2.30. The largest absolute Gasteiger partial charge is 0.469 e. The van der Waals surface area contributed by atoms with Crippen LogP contribution in [-0.2, 0) is 9.53 Å². The molecule has 0 spiro atoms. The highest BCUT2D eigenvalue weighted by molar-refractivity contribution is 5.72. The lowest BCUT2D eigenvalue weighted by Gasteiger charge is -2.14. The van der Waals surface area contributed by atoms with Crippen LogP contribution in [0.5, 0.6) is 0 Å². The van der Waals surface area contributed by atoms with Gasteiger partial charge in [-0.05, 0) is 6.42 Å². The van der Waals surface area contributed by atoms with E-state index < -0.39 is 0 Å². The Morgan fingerprint density at radius 2 is 2.29 bits per heavy atom. The SMILES string of the molecule is C#CC(CCC)NCC(C)C(=O)OC. The Morgan fingerprint density at radius 1 is 1.64 bits per heavy atom. The molecule has 3 nitrogen and oxygen atoms in total. The van der Waals surface area contributed by atoms with Crippen LogP contribution in [0.15, 0.2) is 0 Å². The van der Waals surface area contributed by atoms with Crippen molar-refractivity contribution in [3.63, 3.8) is 0 Å². The molecular weight excluding hydrogens is 178 g/mol. The number of hydrogen-bond acceptors (Lipinski definition) is 3. The highest BCUT2D eigenvalue weighted by Gasteiger charge is 2.13. The summed E-state index contributed by atoms with van der Waals surface area (Å²) in [5.41, 5.74) is 0. The van der Waals surface area contributed by atoms with Gasteiger partial charge in [0.25, 0.3) is 0 Å². The number of ether oxygens (including phenoxy) is 1. The van der Waals surface area contributed by atoms with E-state index in [0.29, 0.717) is 6.54 Å². The summed E-state index contributed by atoms with van der Waals surface area (Å²) in [6, 6.07) is 0.0621. The molecule has 0 aliphatic carbocycles. The van der Waals surface area contributed by atoms with Gasteiger partial charge in [-0.15, -0.1) is 6.42 Å². The molecule has 0 heterocycles. The van der Waals surface area contributed by atoms with Gasteiger partial charge < -0.3 is 10.1 Å². The Balaban J connectivity index is 3.80. The third-order valence-electron chi connectivity index (χ3n) is 2.05. The molecular formula is C11H19NO2. The van der Waals surface area contributed by atoms with Crippen LogP contribution in [0.2, 0.25) is 0 Å². The van der Waals surface area contributed by atoms with Crippen molar-refractivity contribution >= 4 is 5.97 Å². The number of terminal acetylenes is 1. The summed E-state index contributed by atoms with van der Waals surface area (Å²) in [7, 11) is 1.39. The summed E-state index contributed by atoms with van der Waals surface area (Å²) in [6.45, 7) is 4.47. The first-order valence-corrected chi connectivity index (χ1v) is 4.93. The van der Waals surface area contributed by atoms with E-state index in [0.717, 1.165) is 12.8 Å². The summed E-state index contributed by atoms with van der Waals surface area (Å²) in [4.78, 5) is 11.1. The minimum Gasteiger partial charge on any atom is -0.469 e. The molecule has 14 heavy (non-hydrogen) atoms. The van der Waals surface area contributed by atoms with Gasteiger partial charge in [0.1, 0.15) is 0 Å². The van der Waals surface area contributed by atoms with Crippen molar-refractivity contribution < 1.29 is 9.53 Å². The number of esters is 1. The smallest absolute Gasteiger partial charge is 0.309 e. The normalized spacial score (nSPS) is 14.1. The zero-order valence-electron chi connectivity index (χ0n) is 9.17. The molecule has 0 fully saturated rings. The second kappa shape index (κ2) is 7.40. The topological polar surface area (TPSA) is 38.3 Å². The van der Waals surface area contributed by atoms with E-state index in [1.54, 1.807) is 0 Å². The highest BCUT2D eigenvalue weighted by Crippen LogP contribution is 1.99. The zero-order valence-corrected chi connectivity index (χ0v) is 9.17. The predicted molar refractivity (Wildman–Crippen MR) is 56.7 cm³/mol. The standard InChI is InChI=1S/C11H19NO2/c1-5-7-10(6-2)12-8-9(3)11(13)14-4/h2,9-10,12H,5,7-8H2,1,3-4H3. The number of nitrogens with one attached hydrogen (secondary N) is 1. The van der Waals surface area contributed by atoms with Crippen molar-refractivity contribution in [3.8, 4) is 12.3 Å². The molecule has 0 aromatic heterocycles. The highest BCUT2D eigenvalue weighted by atomic mass is 16.5. The lowest BCUT2D eigenvalue weighted by atomic mass is 10.1. The van der Waals surface area contributed by atoms with Crippen molar-refractivity contribution in [1.82, 2.24) is 5.32 Å². The van der Waals surface area contributed by atoms with Gasteiger partial charge in [0.15, 0.2) is 0 Å². The molecule has 0 aromatic rings. The van der Waals surface area contributed by atoms with Gasteiger partial charge in [0, 0.05) is 6.54 Å². The van der Waals surface area contributed by atoms with E-state index in [2.05, 4.69) is 22.9 Å². The number of methoxy groups -OCH3 is 1. The van der Waals surface area contributed by atoms with Crippen molar-refractivity contribution in [2.24, 2.45) is 5.92 Å². The molecule has 3 heteroatoms. The molecule has 0 saturated heterocycles. The third-order valence-corrected chi connectivity index (χ3v) is 2.05. The van der Waals surface area contributed by atoms with Crippen LogP contribution < -0.4 is 5.32 Å². The molecule has 0 rings (SSSR count). The zero-order chi connectivity index (χ0) is 11.0. The minimum absolute atomic E-state index is 0.0621. The number of hydrogen-bond donors (Lipinski definition) is 1. The summed E-state index contributed by atoms with van der Waals surface area (Å²) in [5, 5.41) is 3.15. The molecule has 0 radical (unpaired) electrons. The fraction of sp³-hybridized carbons (Fsp3) is 0.727. The Labute approximate surface area is 86.2 Å².